The maximum Gasteiger partial charge on any atom is 0.229 e. The Bertz CT molecular complexity index is 246. The Morgan fingerprint density at radius 1 is 0.875 bits per heavy atom. The van der Waals surface area contributed by atoms with Crippen LogP contribution in [-0.2, 0) is 0 Å². The van der Waals surface area contributed by atoms with Crippen molar-refractivity contribution in [3.63, 3.8) is 0 Å². The van der Waals surface area contributed by atoms with Crippen LogP contribution in [0.25, 0.3) is 0 Å². The van der Waals surface area contributed by atoms with E-state index in [1.54, 1.807) is 6.26 Å². The highest BCUT2D eigenvalue weighted by Gasteiger charge is 1.97. The van der Waals surface area contributed by atoms with E-state index in [-0.39, 0.29) is 0 Å². The van der Waals surface area contributed by atoms with Gasteiger partial charge in [0.15, 0.2) is 0 Å². The van der Waals surface area contributed by atoms with Crippen LogP contribution >= 0.6 is 11.8 Å². The molecule has 0 nitrogen and oxygen atoms in total. The summed E-state index contributed by atoms with van der Waals surface area (Å²) in [5.74, 6) is -1.05. The lowest BCUT2D eigenvalue weighted by molar-refractivity contribution is 0.295. The number of hydrogen-bond donors (Lipinski definition) is 0. The maximum absolute atomic E-state index is 12.4. The van der Waals surface area contributed by atoms with E-state index in [1.165, 1.54) is 23.9 Å². The average molecular weight is 264 g/mol. The highest BCUT2D eigenvalue weighted by atomic mass is 32.2. The minimum atomic E-state index is -1.75. The number of alkyl halides is 4. The monoisotopic (exact) mass is 264 g/mol. The van der Waals surface area contributed by atoms with Crippen molar-refractivity contribution in [1.82, 2.24) is 0 Å². The predicted molar refractivity (Wildman–Crippen MR) is 52.3 cm³/mol. The van der Waals surface area contributed by atoms with Gasteiger partial charge in [-0.15, -0.1) is 11.8 Å². The van der Waals surface area contributed by atoms with Crippen molar-refractivity contribution < 1.29 is 26.3 Å². The van der Waals surface area contributed by atoms with Crippen LogP contribution in [0.5, 0.6) is 0 Å². The molecule has 0 radical (unpaired) electrons. The summed E-state index contributed by atoms with van der Waals surface area (Å²) in [6, 6.07) is 3.46. The highest BCUT2D eigenvalue weighted by molar-refractivity contribution is 7.98. The maximum atomic E-state index is 12.4. The van der Waals surface area contributed by atoms with Crippen LogP contribution < -0.4 is 0 Å². The van der Waals surface area contributed by atoms with Gasteiger partial charge in [-0.2, -0.15) is 0 Å². The minimum absolute atomic E-state index is 0.524. The smallest absolute Gasteiger partial charge is 0.214 e. The van der Waals surface area contributed by atoms with Crippen LogP contribution in [0.1, 0.15) is 0 Å². The molecule has 1 aromatic carbocycles. The Morgan fingerprint density at radius 3 is 1.44 bits per heavy atom. The van der Waals surface area contributed by atoms with E-state index < -0.39 is 25.5 Å². The molecule has 16 heavy (non-hydrogen) atoms. The molecule has 0 heterocycles. The number of rotatable bonds is 1. The van der Waals surface area contributed by atoms with Crippen molar-refractivity contribution in [3.8, 4) is 0 Å². The van der Waals surface area contributed by atoms with Crippen LogP contribution in [0.3, 0.4) is 0 Å². The zero-order valence-corrected chi connectivity index (χ0v) is 9.14. The highest BCUT2D eigenvalue weighted by Crippen LogP contribution is 2.16. The quantitative estimate of drug-likeness (QED) is 0.533. The van der Waals surface area contributed by atoms with Crippen molar-refractivity contribution in [2.75, 3.05) is 20.1 Å². The van der Waals surface area contributed by atoms with Gasteiger partial charge in [0.2, 0.25) is 13.9 Å². The molecule has 0 N–H and O–H groups in total. The molecule has 1 rings (SSSR count). The Balaban J connectivity index is 0. The Morgan fingerprint density at radius 2 is 1.19 bits per heavy atom. The van der Waals surface area contributed by atoms with Gasteiger partial charge in [-0.05, 0) is 18.4 Å². The molecule has 0 aliphatic rings. The van der Waals surface area contributed by atoms with E-state index in [0.717, 1.165) is 6.07 Å². The molecular weight excluding hydrogens is 254 g/mol. The van der Waals surface area contributed by atoms with Gasteiger partial charge in [0.25, 0.3) is 0 Å². The van der Waals surface area contributed by atoms with E-state index in [9.17, 15) is 26.3 Å². The van der Waals surface area contributed by atoms with Gasteiger partial charge in [-0.1, -0.05) is 0 Å². The van der Waals surface area contributed by atoms with E-state index >= 15 is 0 Å². The largest absolute Gasteiger partial charge is 0.229 e. The lowest BCUT2D eigenvalue weighted by Gasteiger charge is -1.95. The molecule has 0 bridgehead atoms. The first-order valence-electron chi connectivity index (χ1n) is 3.79. The molecule has 0 saturated heterocycles. The molecule has 0 aliphatic heterocycles. The zero-order valence-electron chi connectivity index (χ0n) is 8.32. The second-order valence-electron chi connectivity index (χ2n) is 2.01. The molecule has 0 atom stereocenters. The molecule has 0 aliphatic carbocycles. The van der Waals surface area contributed by atoms with E-state index in [2.05, 4.69) is 0 Å². The normalized spacial score (nSPS) is 8.44. The van der Waals surface area contributed by atoms with Gasteiger partial charge in [0.05, 0.1) is 0 Å². The second-order valence-corrected chi connectivity index (χ2v) is 2.89. The first kappa shape index (κ1) is 17.5. The minimum Gasteiger partial charge on any atom is -0.214 e. The molecule has 0 amide bonds. The lowest BCUT2D eigenvalue weighted by atomic mass is 10.3. The third-order valence-electron chi connectivity index (χ3n) is 1.07. The molecule has 0 unspecified atom stereocenters. The lowest BCUT2D eigenvalue weighted by Crippen LogP contribution is -1.79. The molecular formula is C9H10F6S. The molecule has 1 aromatic rings. The molecule has 0 spiro atoms. The summed E-state index contributed by atoms with van der Waals surface area (Å²) in [4.78, 5) is 0.609. The summed E-state index contributed by atoms with van der Waals surface area (Å²) >= 11 is 1.32. The standard InChI is InChI=1S/C7H6F2S.2CH2F2/c1-10-7-3-5(8)2-6(9)4-7;2*2-1-3/h2-4H,1H3;2*1H2. The third-order valence-corrected chi connectivity index (χ3v) is 1.78. The second kappa shape index (κ2) is 12.2. The fourth-order valence-electron chi connectivity index (χ4n) is 0.646. The van der Waals surface area contributed by atoms with Gasteiger partial charge >= 0.3 is 0 Å². The van der Waals surface area contributed by atoms with Crippen LogP contribution in [0.15, 0.2) is 23.1 Å². The van der Waals surface area contributed by atoms with Gasteiger partial charge < -0.3 is 0 Å². The van der Waals surface area contributed by atoms with Gasteiger partial charge in [0, 0.05) is 11.0 Å². The van der Waals surface area contributed by atoms with Crippen LogP contribution in [0, 0.1) is 11.6 Å². The third kappa shape index (κ3) is 11.2. The fourth-order valence-corrected chi connectivity index (χ4v) is 1.11. The predicted octanol–water partition coefficient (Wildman–Crippen LogP) is 4.45. The van der Waals surface area contributed by atoms with Crippen LogP contribution in [0.4, 0.5) is 26.3 Å². The first-order chi connectivity index (χ1) is 7.55. The average Bonchev–Trinajstić information content (AvgIpc) is 2.18. The summed E-state index contributed by atoms with van der Waals surface area (Å²) in [6.07, 6.45) is 1.77. The number of hydrogen-bond acceptors (Lipinski definition) is 1. The van der Waals surface area contributed by atoms with Crippen molar-refractivity contribution in [3.05, 3.63) is 29.8 Å². The number of thioether (sulfide) groups is 1. The Kier molecular flexibility index (Phi) is 13.4. The Labute approximate surface area is 93.7 Å². The first-order valence-corrected chi connectivity index (χ1v) is 5.02. The summed E-state index contributed by atoms with van der Waals surface area (Å²) in [5, 5.41) is 0. The van der Waals surface area contributed by atoms with Gasteiger partial charge in [-0.25, -0.2) is 26.3 Å². The SMILES string of the molecule is CSc1cc(F)cc(F)c1.FCF.FCF. The van der Waals surface area contributed by atoms with Crippen molar-refractivity contribution in [2.45, 2.75) is 4.90 Å². The van der Waals surface area contributed by atoms with Crippen molar-refractivity contribution in [2.24, 2.45) is 0 Å². The number of halogens is 6. The van der Waals surface area contributed by atoms with Crippen LogP contribution in [-0.4, -0.2) is 20.1 Å². The molecule has 94 valence electrons. The molecule has 0 saturated carbocycles. The summed E-state index contributed by atoms with van der Waals surface area (Å²) in [6.45, 7) is -3.50. The fraction of sp³-hybridized carbons (Fsp3) is 0.333. The van der Waals surface area contributed by atoms with Crippen molar-refractivity contribution >= 4 is 11.8 Å². The van der Waals surface area contributed by atoms with Crippen LogP contribution in [0.2, 0.25) is 0 Å². The van der Waals surface area contributed by atoms with E-state index in [4.69, 9.17) is 0 Å². The number of benzene rings is 1. The molecule has 0 aromatic heterocycles. The molecule has 7 heteroatoms. The topological polar surface area (TPSA) is 0 Å². The summed E-state index contributed by atoms with van der Waals surface area (Å²) in [7, 11) is 0. The van der Waals surface area contributed by atoms with Gasteiger partial charge in [0.1, 0.15) is 11.6 Å². The van der Waals surface area contributed by atoms with Crippen molar-refractivity contribution in [1.29, 1.82) is 0 Å². The Hall–Kier alpha value is -0.850. The van der Waals surface area contributed by atoms with Gasteiger partial charge in [-0.3, -0.25) is 0 Å². The zero-order chi connectivity index (χ0) is 13.0. The summed E-state index contributed by atoms with van der Waals surface area (Å²) < 4.78 is 63.2. The van der Waals surface area contributed by atoms with E-state index in [1.807, 2.05) is 0 Å². The summed E-state index contributed by atoms with van der Waals surface area (Å²) in [5.41, 5.74) is 0. The van der Waals surface area contributed by atoms with E-state index in [0.29, 0.717) is 4.90 Å². The molecule has 0 fully saturated rings.